The molecular formula is C15H18N4O. The predicted molar refractivity (Wildman–Crippen MR) is 78.3 cm³/mol. The maximum Gasteiger partial charge on any atom is 0.229 e. The minimum Gasteiger partial charge on any atom is -0.394 e. The van der Waals surface area contributed by atoms with Gasteiger partial charge in [-0.1, -0.05) is 24.3 Å². The summed E-state index contributed by atoms with van der Waals surface area (Å²) in [5.41, 5.74) is 9.75. The van der Waals surface area contributed by atoms with E-state index >= 15 is 0 Å². The van der Waals surface area contributed by atoms with Crippen molar-refractivity contribution in [3.05, 3.63) is 41.1 Å². The number of rotatable bonds is 2. The fourth-order valence-corrected chi connectivity index (χ4v) is 2.67. The first kappa shape index (κ1) is 12.7. The van der Waals surface area contributed by atoms with Gasteiger partial charge in [0.1, 0.15) is 0 Å². The molecule has 0 fully saturated rings. The Morgan fingerprint density at radius 1 is 1.40 bits per heavy atom. The van der Waals surface area contributed by atoms with Crippen LogP contribution in [-0.4, -0.2) is 16.1 Å². The number of nitrogens with two attached hydrogens (primary N) is 1. The van der Waals surface area contributed by atoms with Crippen LogP contribution in [-0.2, 0) is 17.6 Å². The van der Waals surface area contributed by atoms with E-state index in [9.17, 15) is 4.79 Å². The van der Waals surface area contributed by atoms with Gasteiger partial charge in [-0.2, -0.15) is 5.10 Å². The molecule has 0 radical (unpaired) electrons. The van der Waals surface area contributed by atoms with Crippen molar-refractivity contribution in [2.45, 2.75) is 26.2 Å². The van der Waals surface area contributed by atoms with Crippen molar-refractivity contribution < 1.29 is 4.79 Å². The SMILES string of the molecule is Cc1[nH]nc(NC(=O)C2CCc3ccccc3C2)c1N. The minimum atomic E-state index is -0.0127. The Balaban J connectivity index is 1.72. The molecule has 1 aliphatic carbocycles. The first-order chi connectivity index (χ1) is 9.65. The van der Waals surface area contributed by atoms with Gasteiger partial charge in [-0.05, 0) is 37.3 Å². The molecule has 5 heteroatoms. The normalized spacial score (nSPS) is 17.6. The zero-order valence-corrected chi connectivity index (χ0v) is 11.4. The highest BCUT2D eigenvalue weighted by Gasteiger charge is 2.25. The molecule has 1 heterocycles. The van der Waals surface area contributed by atoms with Crippen LogP contribution in [0.2, 0.25) is 0 Å². The molecule has 5 nitrogen and oxygen atoms in total. The number of fused-ring (bicyclic) bond motifs is 1. The summed E-state index contributed by atoms with van der Waals surface area (Å²) in [5, 5.41) is 9.61. The molecule has 1 aliphatic rings. The molecule has 1 atom stereocenters. The van der Waals surface area contributed by atoms with E-state index in [1.807, 2.05) is 19.1 Å². The number of nitrogens with zero attached hydrogens (tertiary/aromatic N) is 1. The summed E-state index contributed by atoms with van der Waals surface area (Å²) in [6.45, 7) is 1.83. The van der Waals surface area contributed by atoms with Crippen LogP contribution in [0.25, 0.3) is 0 Å². The lowest BCUT2D eigenvalue weighted by Crippen LogP contribution is -2.28. The fourth-order valence-electron chi connectivity index (χ4n) is 2.67. The number of hydrogen-bond acceptors (Lipinski definition) is 3. The Kier molecular flexibility index (Phi) is 3.18. The van der Waals surface area contributed by atoms with Crippen LogP contribution in [0.15, 0.2) is 24.3 Å². The van der Waals surface area contributed by atoms with Crippen LogP contribution in [0, 0.1) is 12.8 Å². The molecule has 1 amide bonds. The molecular weight excluding hydrogens is 252 g/mol. The highest BCUT2D eigenvalue weighted by molar-refractivity contribution is 5.94. The number of aromatic amines is 1. The fraction of sp³-hybridized carbons (Fsp3) is 0.333. The third-order valence-electron chi connectivity index (χ3n) is 3.95. The van der Waals surface area contributed by atoms with E-state index < -0.39 is 0 Å². The Morgan fingerprint density at radius 2 is 2.15 bits per heavy atom. The second-order valence-corrected chi connectivity index (χ2v) is 5.31. The Labute approximate surface area is 117 Å². The number of hydrogen-bond donors (Lipinski definition) is 3. The molecule has 2 aromatic rings. The minimum absolute atomic E-state index is 0.00213. The summed E-state index contributed by atoms with van der Waals surface area (Å²) in [6, 6.07) is 8.31. The van der Waals surface area contributed by atoms with Gasteiger partial charge in [-0.15, -0.1) is 0 Å². The molecule has 0 saturated carbocycles. The average molecular weight is 270 g/mol. The van der Waals surface area contributed by atoms with Crippen LogP contribution in [0.4, 0.5) is 11.5 Å². The molecule has 1 aromatic carbocycles. The maximum absolute atomic E-state index is 12.3. The lowest BCUT2D eigenvalue weighted by Gasteiger charge is -2.23. The van der Waals surface area contributed by atoms with Crippen molar-refractivity contribution in [2.24, 2.45) is 5.92 Å². The molecule has 0 bridgehead atoms. The van der Waals surface area contributed by atoms with E-state index in [2.05, 4.69) is 27.6 Å². The number of nitrogens with one attached hydrogen (secondary N) is 2. The van der Waals surface area contributed by atoms with Crippen LogP contribution in [0.1, 0.15) is 23.2 Å². The van der Waals surface area contributed by atoms with Crippen molar-refractivity contribution in [3.8, 4) is 0 Å². The first-order valence-electron chi connectivity index (χ1n) is 6.83. The maximum atomic E-state index is 12.3. The number of aryl methyl sites for hydroxylation is 2. The standard InChI is InChI=1S/C15H18N4O/c1-9-13(16)14(19-18-9)17-15(20)12-7-6-10-4-2-3-5-11(10)8-12/h2-5,12H,6-8,16H2,1H3,(H2,17,18,19,20). The summed E-state index contributed by atoms with van der Waals surface area (Å²) in [4.78, 5) is 12.3. The first-order valence-corrected chi connectivity index (χ1v) is 6.83. The van der Waals surface area contributed by atoms with E-state index in [0.717, 1.165) is 25.0 Å². The Hall–Kier alpha value is -2.30. The summed E-state index contributed by atoms with van der Waals surface area (Å²) in [5.74, 6) is 0.422. The quantitative estimate of drug-likeness (QED) is 0.780. The van der Waals surface area contributed by atoms with Gasteiger partial charge in [0.25, 0.3) is 0 Å². The highest BCUT2D eigenvalue weighted by atomic mass is 16.2. The molecule has 0 spiro atoms. The summed E-state index contributed by atoms with van der Waals surface area (Å²) >= 11 is 0. The molecule has 1 unspecified atom stereocenters. The van der Waals surface area contributed by atoms with Crippen molar-refractivity contribution in [2.75, 3.05) is 11.1 Å². The zero-order chi connectivity index (χ0) is 14.1. The van der Waals surface area contributed by atoms with Gasteiger partial charge in [-0.3, -0.25) is 9.89 Å². The number of nitrogen functional groups attached to an aromatic ring is 1. The average Bonchev–Trinajstić information content (AvgIpc) is 2.78. The van der Waals surface area contributed by atoms with E-state index in [-0.39, 0.29) is 11.8 Å². The molecule has 1 aromatic heterocycles. The van der Waals surface area contributed by atoms with Gasteiger partial charge in [0, 0.05) is 5.92 Å². The van der Waals surface area contributed by atoms with Gasteiger partial charge in [0.05, 0.1) is 11.4 Å². The van der Waals surface area contributed by atoms with E-state index in [1.54, 1.807) is 0 Å². The predicted octanol–water partition coefficient (Wildman–Crippen LogP) is 2.04. The third kappa shape index (κ3) is 2.27. The smallest absolute Gasteiger partial charge is 0.229 e. The third-order valence-corrected chi connectivity index (χ3v) is 3.95. The number of amides is 1. The monoisotopic (exact) mass is 270 g/mol. The van der Waals surface area contributed by atoms with E-state index in [1.165, 1.54) is 11.1 Å². The summed E-state index contributed by atoms with van der Waals surface area (Å²) in [7, 11) is 0. The highest BCUT2D eigenvalue weighted by Crippen LogP contribution is 2.27. The number of carbonyl (C=O) groups excluding carboxylic acids is 1. The summed E-state index contributed by atoms with van der Waals surface area (Å²) in [6.07, 6.45) is 2.60. The number of anilines is 2. The van der Waals surface area contributed by atoms with Crippen LogP contribution >= 0.6 is 0 Å². The van der Waals surface area contributed by atoms with Crippen molar-refractivity contribution in [1.82, 2.24) is 10.2 Å². The molecule has 3 rings (SSSR count). The van der Waals surface area contributed by atoms with Crippen LogP contribution in [0.5, 0.6) is 0 Å². The molecule has 104 valence electrons. The van der Waals surface area contributed by atoms with Crippen LogP contribution < -0.4 is 11.1 Å². The van der Waals surface area contributed by atoms with Gasteiger partial charge < -0.3 is 11.1 Å². The number of H-pyrrole nitrogens is 1. The molecule has 0 aliphatic heterocycles. The Bertz CT molecular complexity index is 647. The lowest BCUT2D eigenvalue weighted by atomic mass is 9.83. The Morgan fingerprint density at radius 3 is 2.85 bits per heavy atom. The van der Waals surface area contributed by atoms with Crippen molar-refractivity contribution >= 4 is 17.4 Å². The van der Waals surface area contributed by atoms with Crippen LogP contribution in [0.3, 0.4) is 0 Å². The number of benzene rings is 1. The molecule has 4 N–H and O–H groups in total. The second kappa shape index (κ2) is 5.00. The summed E-state index contributed by atoms with van der Waals surface area (Å²) < 4.78 is 0. The second-order valence-electron chi connectivity index (χ2n) is 5.31. The van der Waals surface area contributed by atoms with E-state index in [0.29, 0.717) is 11.5 Å². The molecule has 20 heavy (non-hydrogen) atoms. The number of aromatic nitrogens is 2. The van der Waals surface area contributed by atoms with Gasteiger partial charge >= 0.3 is 0 Å². The number of carbonyl (C=O) groups is 1. The van der Waals surface area contributed by atoms with Gasteiger partial charge in [0.2, 0.25) is 5.91 Å². The van der Waals surface area contributed by atoms with Gasteiger partial charge in [0.15, 0.2) is 5.82 Å². The topological polar surface area (TPSA) is 83.8 Å². The van der Waals surface area contributed by atoms with E-state index in [4.69, 9.17) is 5.73 Å². The largest absolute Gasteiger partial charge is 0.394 e. The molecule has 0 saturated heterocycles. The lowest BCUT2D eigenvalue weighted by molar-refractivity contribution is -0.120. The van der Waals surface area contributed by atoms with Crippen molar-refractivity contribution in [1.29, 1.82) is 0 Å². The van der Waals surface area contributed by atoms with Crippen molar-refractivity contribution in [3.63, 3.8) is 0 Å². The van der Waals surface area contributed by atoms with Gasteiger partial charge in [-0.25, -0.2) is 0 Å². The zero-order valence-electron chi connectivity index (χ0n) is 11.4.